The zero-order chi connectivity index (χ0) is 11.3. The highest BCUT2D eigenvalue weighted by atomic mass is 32.1. The molecule has 6 heteroatoms. The van der Waals surface area contributed by atoms with Gasteiger partial charge in [-0.05, 0) is 18.4 Å². The Labute approximate surface area is 90.7 Å². The Balaban J connectivity index is 2.53. The molecule has 0 aliphatic heterocycles. The highest BCUT2D eigenvalue weighted by Crippen LogP contribution is 2.07. The first-order valence-corrected chi connectivity index (χ1v) is 5.06. The van der Waals surface area contributed by atoms with Crippen LogP contribution in [0.5, 0.6) is 0 Å². The van der Waals surface area contributed by atoms with Crippen LogP contribution in [-0.4, -0.2) is 17.9 Å². The number of nitrogens with zero attached hydrogens (tertiary/aromatic N) is 1. The zero-order valence-corrected chi connectivity index (χ0v) is 8.80. The van der Waals surface area contributed by atoms with Crippen molar-refractivity contribution in [1.82, 2.24) is 10.6 Å². The molecular formula is C9H9N3O2S. The van der Waals surface area contributed by atoms with Crippen LogP contribution in [0, 0.1) is 11.5 Å². The summed E-state index contributed by atoms with van der Waals surface area (Å²) in [6.07, 6.45) is 1.51. The molecule has 1 unspecified atom stereocenters. The van der Waals surface area contributed by atoms with E-state index in [-0.39, 0.29) is 5.91 Å². The Morgan fingerprint density at radius 2 is 2.33 bits per heavy atom. The fourth-order valence-electron chi connectivity index (χ4n) is 0.904. The lowest BCUT2D eigenvalue weighted by atomic mass is 10.3. The molecule has 0 radical (unpaired) electrons. The monoisotopic (exact) mass is 223 g/mol. The molecule has 5 nitrogen and oxygen atoms in total. The van der Waals surface area contributed by atoms with Crippen molar-refractivity contribution in [1.29, 1.82) is 5.26 Å². The maximum absolute atomic E-state index is 11.5. The van der Waals surface area contributed by atoms with Crippen molar-refractivity contribution < 1.29 is 9.59 Å². The van der Waals surface area contributed by atoms with E-state index in [0.717, 1.165) is 0 Å². The van der Waals surface area contributed by atoms with Crippen LogP contribution in [0.3, 0.4) is 0 Å². The summed E-state index contributed by atoms with van der Waals surface area (Å²) in [4.78, 5) is 23.1. The van der Waals surface area contributed by atoms with Crippen molar-refractivity contribution >= 4 is 23.2 Å². The summed E-state index contributed by atoms with van der Waals surface area (Å²) in [5, 5.41) is 14.4. The van der Waals surface area contributed by atoms with Gasteiger partial charge in [-0.3, -0.25) is 14.9 Å². The standard InChI is InChI=1S/C9H9N3O2S/c1-6(8(13)11-5-10)12-9(14)7-3-2-4-15-7/h2-4,6H,1H3,(H,11,13)(H,12,14). The van der Waals surface area contributed by atoms with Gasteiger partial charge in [0, 0.05) is 0 Å². The molecule has 0 saturated carbocycles. The van der Waals surface area contributed by atoms with Gasteiger partial charge in [-0.25, -0.2) is 0 Å². The third kappa shape index (κ3) is 3.07. The Morgan fingerprint density at radius 3 is 2.87 bits per heavy atom. The summed E-state index contributed by atoms with van der Waals surface area (Å²) < 4.78 is 0. The fourth-order valence-corrected chi connectivity index (χ4v) is 1.53. The quantitative estimate of drug-likeness (QED) is 0.577. The minimum Gasteiger partial charge on any atom is -0.340 e. The molecule has 1 atom stereocenters. The number of thiophene rings is 1. The third-order valence-corrected chi connectivity index (χ3v) is 2.53. The van der Waals surface area contributed by atoms with Crippen LogP contribution in [0.2, 0.25) is 0 Å². The minimum absolute atomic E-state index is 0.314. The second kappa shape index (κ2) is 5.12. The number of carbonyl (C=O) groups is 2. The summed E-state index contributed by atoms with van der Waals surface area (Å²) in [7, 11) is 0. The number of hydrogen-bond acceptors (Lipinski definition) is 4. The van der Waals surface area contributed by atoms with Crippen LogP contribution in [-0.2, 0) is 4.79 Å². The van der Waals surface area contributed by atoms with Gasteiger partial charge in [0.2, 0.25) is 0 Å². The van der Waals surface area contributed by atoms with Gasteiger partial charge < -0.3 is 5.32 Å². The van der Waals surface area contributed by atoms with Crippen LogP contribution < -0.4 is 10.6 Å². The van der Waals surface area contributed by atoms with E-state index in [9.17, 15) is 9.59 Å². The molecule has 1 aromatic rings. The topological polar surface area (TPSA) is 82.0 Å². The van der Waals surface area contributed by atoms with Crippen LogP contribution in [0.1, 0.15) is 16.6 Å². The second-order valence-electron chi connectivity index (χ2n) is 2.77. The van der Waals surface area contributed by atoms with Crippen LogP contribution in [0.15, 0.2) is 17.5 Å². The first-order chi connectivity index (χ1) is 7.15. The molecule has 1 rings (SSSR count). The van der Waals surface area contributed by atoms with E-state index in [0.29, 0.717) is 4.88 Å². The average Bonchev–Trinajstić information content (AvgIpc) is 2.70. The molecule has 1 heterocycles. The van der Waals surface area contributed by atoms with E-state index in [1.54, 1.807) is 17.5 Å². The Kier molecular flexibility index (Phi) is 3.83. The number of rotatable bonds is 3. The predicted octanol–water partition coefficient (Wildman–Crippen LogP) is 0.464. The summed E-state index contributed by atoms with van der Waals surface area (Å²) in [6, 6.07) is 2.69. The maximum atomic E-state index is 11.5. The molecule has 0 fully saturated rings. The van der Waals surface area contributed by atoms with Crippen molar-refractivity contribution in [2.75, 3.05) is 0 Å². The van der Waals surface area contributed by atoms with Crippen molar-refractivity contribution in [3.63, 3.8) is 0 Å². The third-order valence-electron chi connectivity index (χ3n) is 1.66. The van der Waals surface area contributed by atoms with Gasteiger partial charge in [0.1, 0.15) is 6.04 Å². The summed E-state index contributed by atoms with van der Waals surface area (Å²) >= 11 is 1.29. The van der Waals surface area contributed by atoms with E-state index in [4.69, 9.17) is 5.26 Å². The molecule has 0 bridgehead atoms. The SMILES string of the molecule is CC(NC(=O)c1cccs1)C(=O)NC#N. The maximum Gasteiger partial charge on any atom is 0.261 e. The Hall–Kier alpha value is -1.87. The van der Waals surface area contributed by atoms with Crippen molar-refractivity contribution in [3.05, 3.63) is 22.4 Å². The van der Waals surface area contributed by atoms with Crippen LogP contribution >= 0.6 is 11.3 Å². The molecule has 0 aromatic carbocycles. The van der Waals surface area contributed by atoms with E-state index < -0.39 is 11.9 Å². The minimum atomic E-state index is -0.723. The Morgan fingerprint density at radius 1 is 1.60 bits per heavy atom. The smallest absolute Gasteiger partial charge is 0.261 e. The van der Waals surface area contributed by atoms with Gasteiger partial charge in [0.15, 0.2) is 6.19 Å². The summed E-state index contributed by atoms with van der Waals surface area (Å²) in [6.45, 7) is 1.51. The van der Waals surface area contributed by atoms with Crippen molar-refractivity contribution in [3.8, 4) is 6.19 Å². The van der Waals surface area contributed by atoms with E-state index in [2.05, 4.69) is 5.32 Å². The van der Waals surface area contributed by atoms with Crippen molar-refractivity contribution in [2.45, 2.75) is 13.0 Å². The predicted molar refractivity (Wildman–Crippen MR) is 55.0 cm³/mol. The first-order valence-electron chi connectivity index (χ1n) is 4.18. The summed E-state index contributed by atoms with van der Waals surface area (Å²) in [5.74, 6) is -0.840. The van der Waals surface area contributed by atoms with Gasteiger partial charge >= 0.3 is 0 Å². The molecule has 0 aliphatic rings. The lowest BCUT2D eigenvalue weighted by Crippen LogP contribution is -2.43. The first kappa shape index (κ1) is 11.2. The molecule has 0 aliphatic carbocycles. The van der Waals surface area contributed by atoms with Crippen molar-refractivity contribution in [2.24, 2.45) is 0 Å². The highest BCUT2D eigenvalue weighted by molar-refractivity contribution is 7.12. The summed E-state index contributed by atoms with van der Waals surface area (Å²) in [5.41, 5.74) is 0. The molecule has 2 N–H and O–H groups in total. The largest absolute Gasteiger partial charge is 0.340 e. The number of nitriles is 1. The molecule has 0 spiro atoms. The average molecular weight is 223 g/mol. The highest BCUT2D eigenvalue weighted by Gasteiger charge is 2.16. The van der Waals surface area contributed by atoms with Gasteiger partial charge in [0.05, 0.1) is 4.88 Å². The van der Waals surface area contributed by atoms with Gasteiger partial charge in [-0.1, -0.05) is 6.07 Å². The van der Waals surface area contributed by atoms with E-state index in [1.807, 2.05) is 5.32 Å². The normalized spacial score (nSPS) is 11.2. The molecular weight excluding hydrogens is 214 g/mol. The Bertz CT molecular complexity index is 394. The molecule has 15 heavy (non-hydrogen) atoms. The van der Waals surface area contributed by atoms with Gasteiger partial charge in [0.25, 0.3) is 11.8 Å². The van der Waals surface area contributed by atoms with Crippen LogP contribution in [0.4, 0.5) is 0 Å². The molecule has 78 valence electrons. The molecule has 0 saturated heterocycles. The number of hydrogen-bond donors (Lipinski definition) is 2. The lowest BCUT2D eigenvalue weighted by Gasteiger charge is -2.09. The lowest BCUT2D eigenvalue weighted by molar-refractivity contribution is -0.121. The fraction of sp³-hybridized carbons (Fsp3) is 0.222. The second-order valence-corrected chi connectivity index (χ2v) is 3.72. The van der Waals surface area contributed by atoms with E-state index >= 15 is 0 Å². The zero-order valence-electron chi connectivity index (χ0n) is 7.98. The number of nitrogens with one attached hydrogen (secondary N) is 2. The molecule has 2 amide bonds. The van der Waals surface area contributed by atoms with Gasteiger partial charge in [-0.2, -0.15) is 5.26 Å². The van der Waals surface area contributed by atoms with Gasteiger partial charge in [-0.15, -0.1) is 11.3 Å². The van der Waals surface area contributed by atoms with Crippen LogP contribution in [0.25, 0.3) is 0 Å². The number of amides is 2. The number of carbonyl (C=O) groups excluding carboxylic acids is 2. The molecule has 1 aromatic heterocycles. The van der Waals surface area contributed by atoms with E-state index in [1.165, 1.54) is 24.5 Å².